The highest BCUT2D eigenvalue weighted by Gasteiger charge is 1.97. The molecule has 0 aliphatic rings. The van der Waals surface area contributed by atoms with E-state index in [0.717, 1.165) is 11.3 Å². The number of hydrazone groups is 1. The Labute approximate surface area is 93.2 Å². The number of rotatable bonds is 5. The predicted octanol–water partition coefficient (Wildman–Crippen LogP) is 2.09. The fraction of sp³-hybridized carbons (Fsp3) is 0.400. The smallest absolute Gasteiger partial charge is 0.332 e. The van der Waals surface area contributed by atoms with Gasteiger partial charge in [-0.25, -0.2) is 10.2 Å². The molecule has 5 heteroatoms. The summed E-state index contributed by atoms with van der Waals surface area (Å²) in [5.74, 6) is 0. The van der Waals surface area contributed by atoms with E-state index in [1.165, 1.54) is 17.7 Å². The molecule has 0 aromatic carbocycles. The van der Waals surface area contributed by atoms with Crippen LogP contribution < -0.4 is 11.2 Å². The Morgan fingerprint density at radius 3 is 3.13 bits per heavy atom. The van der Waals surface area contributed by atoms with Crippen LogP contribution in [-0.4, -0.2) is 12.2 Å². The van der Waals surface area contributed by atoms with Crippen molar-refractivity contribution in [3.8, 4) is 0 Å². The summed E-state index contributed by atoms with van der Waals surface area (Å²) in [7, 11) is 0. The minimum atomic E-state index is -0.644. The van der Waals surface area contributed by atoms with E-state index in [1.54, 1.807) is 17.6 Å². The van der Waals surface area contributed by atoms with Crippen molar-refractivity contribution in [2.75, 3.05) is 0 Å². The van der Waals surface area contributed by atoms with Crippen LogP contribution in [0.4, 0.5) is 4.79 Å². The van der Waals surface area contributed by atoms with E-state index in [4.69, 9.17) is 5.73 Å². The van der Waals surface area contributed by atoms with Gasteiger partial charge in [0.25, 0.3) is 0 Å². The van der Waals surface area contributed by atoms with Gasteiger partial charge < -0.3 is 5.73 Å². The van der Waals surface area contributed by atoms with E-state index in [9.17, 15) is 4.79 Å². The monoisotopic (exact) mass is 225 g/mol. The zero-order valence-corrected chi connectivity index (χ0v) is 9.51. The first-order valence-electron chi connectivity index (χ1n) is 4.89. The van der Waals surface area contributed by atoms with Gasteiger partial charge in [0.1, 0.15) is 0 Å². The van der Waals surface area contributed by atoms with Crippen LogP contribution in [0.1, 0.15) is 29.5 Å². The van der Waals surface area contributed by atoms with E-state index >= 15 is 0 Å². The standard InChI is InChI=1S/C10H15N3OS/c1-2-3-4-8-5-6-9(15-8)7-12-13-10(11)14/h5-7H,2-4H2,1H3,(H3,11,13,14). The number of hydrogen-bond donors (Lipinski definition) is 2. The van der Waals surface area contributed by atoms with E-state index in [0.29, 0.717) is 0 Å². The molecule has 0 fully saturated rings. The lowest BCUT2D eigenvalue weighted by Gasteiger charge is -1.92. The minimum Gasteiger partial charge on any atom is -0.350 e. The van der Waals surface area contributed by atoms with Crippen molar-refractivity contribution in [1.82, 2.24) is 5.43 Å². The van der Waals surface area contributed by atoms with Crippen molar-refractivity contribution < 1.29 is 4.79 Å². The summed E-state index contributed by atoms with van der Waals surface area (Å²) in [6, 6.07) is 3.43. The number of nitrogens with two attached hydrogens (primary N) is 1. The first kappa shape index (κ1) is 11.7. The number of thiophene rings is 1. The zero-order chi connectivity index (χ0) is 11.1. The molecule has 0 bridgehead atoms. The number of urea groups is 1. The van der Waals surface area contributed by atoms with Crippen LogP contribution in [0, 0.1) is 0 Å². The van der Waals surface area contributed by atoms with Crippen LogP contribution in [0.15, 0.2) is 17.2 Å². The molecule has 0 unspecified atom stereocenters. The Hall–Kier alpha value is -1.36. The van der Waals surface area contributed by atoms with Gasteiger partial charge in [-0.3, -0.25) is 0 Å². The molecule has 0 saturated carbocycles. The highest BCUT2D eigenvalue weighted by atomic mass is 32.1. The van der Waals surface area contributed by atoms with Crippen molar-refractivity contribution in [1.29, 1.82) is 0 Å². The van der Waals surface area contributed by atoms with Gasteiger partial charge in [0.2, 0.25) is 0 Å². The molecular formula is C10H15N3OS. The van der Waals surface area contributed by atoms with Crippen LogP contribution in [-0.2, 0) is 6.42 Å². The van der Waals surface area contributed by atoms with Crippen molar-refractivity contribution >= 4 is 23.6 Å². The number of carbonyl (C=O) groups excluding carboxylic acids is 1. The molecule has 0 aliphatic heterocycles. The summed E-state index contributed by atoms with van der Waals surface area (Å²) in [6.45, 7) is 2.17. The molecule has 2 amide bonds. The molecular weight excluding hydrogens is 210 g/mol. The minimum absolute atomic E-state index is 0.644. The van der Waals surface area contributed by atoms with E-state index < -0.39 is 6.03 Å². The van der Waals surface area contributed by atoms with Gasteiger partial charge in [-0.1, -0.05) is 13.3 Å². The summed E-state index contributed by atoms with van der Waals surface area (Å²) >= 11 is 1.68. The molecule has 4 nitrogen and oxygen atoms in total. The van der Waals surface area contributed by atoms with Crippen LogP contribution in [0.5, 0.6) is 0 Å². The largest absolute Gasteiger partial charge is 0.350 e. The van der Waals surface area contributed by atoms with Crippen LogP contribution in [0.3, 0.4) is 0 Å². The van der Waals surface area contributed by atoms with Gasteiger partial charge in [-0.05, 0) is 25.0 Å². The third-order valence-corrected chi connectivity index (χ3v) is 2.91. The predicted molar refractivity (Wildman–Crippen MR) is 63.2 cm³/mol. The van der Waals surface area contributed by atoms with Gasteiger partial charge >= 0.3 is 6.03 Å². The second-order valence-electron chi connectivity index (χ2n) is 3.14. The molecule has 0 atom stereocenters. The lowest BCUT2D eigenvalue weighted by molar-refractivity contribution is 0.249. The third kappa shape index (κ3) is 4.60. The third-order valence-electron chi connectivity index (χ3n) is 1.83. The Morgan fingerprint density at radius 2 is 2.47 bits per heavy atom. The Morgan fingerprint density at radius 1 is 1.67 bits per heavy atom. The molecule has 1 heterocycles. The normalized spacial score (nSPS) is 10.7. The number of unbranched alkanes of at least 4 members (excludes halogenated alkanes) is 1. The number of carbonyl (C=O) groups is 1. The van der Waals surface area contributed by atoms with Crippen molar-refractivity contribution in [2.45, 2.75) is 26.2 Å². The number of amides is 2. The van der Waals surface area contributed by atoms with E-state index in [-0.39, 0.29) is 0 Å². The first-order chi connectivity index (χ1) is 7.22. The van der Waals surface area contributed by atoms with Crippen molar-refractivity contribution in [2.24, 2.45) is 10.8 Å². The first-order valence-corrected chi connectivity index (χ1v) is 5.71. The molecule has 0 radical (unpaired) electrons. The lowest BCUT2D eigenvalue weighted by Crippen LogP contribution is -2.24. The molecule has 15 heavy (non-hydrogen) atoms. The topological polar surface area (TPSA) is 67.5 Å². The number of primary amides is 1. The Bertz CT molecular complexity index is 346. The highest BCUT2D eigenvalue weighted by Crippen LogP contribution is 2.16. The number of nitrogens with one attached hydrogen (secondary N) is 1. The Balaban J connectivity index is 2.45. The maximum atomic E-state index is 10.3. The van der Waals surface area contributed by atoms with Gasteiger partial charge in [-0.2, -0.15) is 5.10 Å². The number of hydrogen-bond acceptors (Lipinski definition) is 3. The lowest BCUT2D eigenvalue weighted by atomic mass is 10.2. The maximum Gasteiger partial charge on any atom is 0.332 e. The highest BCUT2D eigenvalue weighted by molar-refractivity contribution is 7.13. The van der Waals surface area contributed by atoms with Crippen LogP contribution in [0.25, 0.3) is 0 Å². The second-order valence-corrected chi connectivity index (χ2v) is 4.34. The molecule has 82 valence electrons. The quantitative estimate of drug-likeness (QED) is 0.584. The maximum absolute atomic E-state index is 10.3. The van der Waals surface area contributed by atoms with Gasteiger partial charge in [0, 0.05) is 9.75 Å². The van der Waals surface area contributed by atoms with Crippen LogP contribution >= 0.6 is 11.3 Å². The molecule has 0 spiro atoms. The fourth-order valence-corrected chi connectivity index (χ4v) is 2.04. The van der Waals surface area contributed by atoms with Gasteiger partial charge in [0.15, 0.2) is 0 Å². The van der Waals surface area contributed by atoms with E-state index in [1.807, 2.05) is 6.07 Å². The molecule has 0 saturated heterocycles. The summed E-state index contributed by atoms with van der Waals surface area (Å²) < 4.78 is 0. The van der Waals surface area contributed by atoms with E-state index in [2.05, 4.69) is 23.5 Å². The summed E-state index contributed by atoms with van der Waals surface area (Å²) in [4.78, 5) is 12.7. The van der Waals surface area contributed by atoms with Crippen molar-refractivity contribution in [3.63, 3.8) is 0 Å². The summed E-state index contributed by atoms with van der Waals surface area (Å²) in [5, 5.41) is 3.70. The van der Waals surface area contributed by atoms with Crippen LogP contribution in [0.2, 0.25) is 0 Å². The summed E-state index contributed by atoms with van der Waals surface area (Å²) in [5.41, 5.74) is 7.03. The molecule has 0 aliphatic carbocycles. The molecule has 1 rings (SSSR count). The molecule has 1 aromatic rings. The van der Waals surface area contributed by atoms with Gasteiger partial charge in [-0.15, -0.1) is 11.3 Å². The number of aryl methyl sites for hydroxylation is 1. The molecule has 1 aromatic heterocycles. The van der Waals surface area contributed by atoms with Gasteiger partial charge in [0.05, 0.1) is 6.21 Å². The average Bonchev–Trinajstić information content (AvgIpc) is 2.62. The molecule has 3 N–H and O–H groups in total. The fourth-order valence-electron chi connectivity index (χ4n) is 1.11. The zero-order valence-electron chi connectivity index (χ0n) is 8.69. The summed E-state index contributed by atoms with van der Waals surface area (Å²) in [6.07, 6.45) is 5.12. The number of nitrogens with zero attached hydrogens (tertiary/aromatic N) is 1. The Kier molecular flexibility index (Phi) is 4.83. The average molecular weight is 225 g/mol. The SMILES string of the molecule is CCCCc1ccc(C=NNC(N)=O)s1. The second kappa shape index (κ2) is 6.19. The van der Waals surface area contributed by atoms with Crippen molar-refractivity contribution in [3.05, 3.63) is 21.9 Å².